The van der Waals surface area contributed by atoms with Crippen molar-refractivity contribution in [3.8, 4) is 0 Å². The molecule has 104 valence electrons. The fourth-order valence-electron chi connectivity index (χ4n) is 2.14. The molecule has 0 amide bonds. The molecular formula is C13H19N3O3. The smallest absolute Gasteiger partial charge is 0.337 e. The molecule has 19 heavy (non-hydrogen) atoms. The SMILES string of the molecule is CC1(CNc2nccc(C(=O)O)c2N)CCOCC1. The molecule has 1 saturated heterocycles. The maximum absolute atomic E-state index is 11.0. The minimum Gasteiger partial charge on any atom is -0.478 e. The van der Waals surface area contributed by atoms with E-state index in [0.29, 0.717) is 12.4 Å². The fourth-order valence-corrected chi connectivity index (χ4v) is 2.14. The van der Waals surface area contributed by atoms with Gasteiger partial charge in [-0.1, -0.05) is 6.92 Å². The van der Waals surface area contributed by atoms with Gasteiger partial charge in [-0.3, -0.25) is 0 Å². The molecule has 1 aromatic rings. The first kappa shape index (κ1) is 13.6. The Morgan fingerprint density at radius 1 is 1.58 bits per heavy atom. The van der Waals surface area contributed by atoms with Gasteiger partial charge in [0, 0.05) is 26.0 Å². The summed E-state index contributed by atoms with van der Waals surface area (Å²) in [7, 11) is 0. The lowest BCUT2D eigenvalue weighted by atomic mass is 9.82. The van der Waals surface area contributed by atoms with Crippen molar-refractivity contribution in [2.45, 2.75) is 19.8 Å². The number of anilines is 2. The number of aromatic carboxylic acids is 1. The predicted molar refractivity (Wildman–Crippen MR) is 72.3 cm³/mol. The van der Waals surface area contributed by atoms with Crippen LogP contribution in [-0.4, -0.2) is 35.8 Å². The Hall–Kier alpha value is -1.82. The summed E-state index contributed by atoms with van der Waals surface area (Å²) in [5, 5.41) is 12.2. The van der Waals surface area contributed by atoms with E-state index in [4.69, 9.17) is 15.6 Å². The Morgan fingerprint density at radius 2 is 2.26 bits per heavy atom. The van der Waals surface area contributed by atoms with Gasteiger partial charge in [0.15, 0.2) is 0 Å². The molecule has 0 atom stereocenters. The van der Waals surface area contributed by atoms with E-state index in [1.807, 2.05) is 0 Å². The molecule has 1 aliphatic heterocycles. The third kappa shape index (κ3) is 3.14. The van der Waals surface area contributed by atoms with Crippen molar-refractivity contribution < 1.29 is 14.6 Å². The highest BCUT2D eigenvalue weighted by Gasteiger charge is 2.27. The molecule has 0 saturated carbocycles. The van der Waals surface area contributed by atoms with Gasteiger partial charge in [0.25, 0.3) is 0 Å². The molecule has 0 bridgehead atoms. The number of carboxylic acids is 1. The van der Waals surface area contributed by atoms with E-state index in [1.165, 1.54) is 12.3 Å². The van der Waals surface area contributed by atoms with Gasteiger partial charge in [0.1, 0.15) is 5.82 Å². The zero-order valence-corrected chi connectivity index (χ0v) is 11.0. The molecule has 1 fully saturated rings. The van der Waals surface area contributed by atoms with Crippen molar-refractivity contribution in [3.05, 3.63) is 17.8 Å². The zero-order valence-electron chi connectivity index (χ0n) is 11.0. The molecule has 2 heterocycles. The average Bonchev–Trinajstić information content (AvgIpc) is 2.38. The summed E-state index contributed by atoms with van der Waals surface area (Å²) in [4.78, 5) is 15.1. The standard InChI is InChI=1S/C13H19N3O3/c1-13(3-6-19-7-4-13)8-16-11-10(14)9(12(17)18)2-5-15-11/h2,5H,3-4,6-8,14H2,1H3,(H,15,16)(H,17,18). The second-order valence-electron chi connectivity index (χ2n) is 5.20. The second kappa shape index (κ2) is 5.44. The third-order valence-corrected chi connectivity index (χ3v) is 3.60. The van der Waals surface area contributed by atoms with Gasteiger partial charge in [-0.25, -0.2) is 9.78 Å². The van der Waals surface area contributed by atoms with Crippen molar-refractivity contribution >= 4 is 17.5 Å². The molecule has 1 aliphatic rings. The van der Waals surface area contributed by atoms with E-state index in [9.17, 15) is 4.79 Å². The third-order valence-electron chi connectivity index (χ3n) is 3.60. The van der Waals surface area contributed by atoms with Crippen LogP contribution in [-0.2, 0) is 4.74 Å². The lowest BCUT2D eigenvalue weighted by Crippen LogP contribution is -2.33. The van der Waals surface area contributed by atoms with Crippen molar-refractivity contribution in [3.63, 3.8) is 0 Å². The number of hydrogen-bond donors (Lipinski definition) is 3. The summed E-state index contributed by atoms with van der Waals surface area (Å²) >= 11 is 0. The number of nitrogens with two attached hydrogens (primary N) is 1. The summed E-state index contributed by atoms with van der Waals surface area (Å²) < 4.78 is 5.35. The van der Waals surface area contributed by atoms with Crippen LogP contribution in [0.1, 0.15) is 30.1 Å². The van der Waals surface area contributed by atoms with Crippen LogP contribution in [0, 0.1) is 5.41 Å². The molecule has 0 aromatic carbocycles. The van der Waals surface area contributed by atoms with Crippen molar-refractivity contribution in [1.82, 2.24) is 4.98 Å². The minimum absolute atomic E-state index is 0.0784. The van der Waals surface area contributed by atoms with E-state index in [0.717, 1.165) is 26.1 Å². The maximum Gasteiger partial charge on any atom is 0.337 e. The van der Waals surface area contributed by atoms with Crippen LogP contribution >= 0.6 is 0 Å². The molecule has 4 N–H and O–H groups in total. The van der Waals surface area contributed by atoms with E-state index < -0.39 is 5.97 Å². The summed E-state index contributed by atoms with van der Waals surface area (Å²) in [5.41, 5.74) is 6.21. The van der Waals surface area contributed by atoms with Crippen molar-refractivity contribution in [2.24, 2.45) is 5.41 Å². The van der Waals surface area contributed by atoms with Crippen LogP contribution in [0.25, 0.3) is 0 Å². The number of carbonyl (C=O) groups is 1. The molecule has 0 radical (unpaired) electrons. The number of ether oxygens (including phenoxy) is 1. The van der Waals surface area contributed by atoms with Crippen LogP contribution in [0.4, 0.5) is 11.5 Å². The molecule has 0 spiro atoms. The number of aromatic nitrogens is 1. The van der Waals surface area contributed by atoms with Crippen LogP contribution in [0.2, 0.25) is 0 Å². The highest BCUT2D eigenvalue weighted by atomic mass is 16.5. The first-order valence-corrected chi connectivity index (χ1v) is 6.31. The molecule has 2 rings (SSSR count). The Morgan fingerprint density at radius 3 is 2.89 bits per heavy atom. The second-order valence-corrected chi connectivity index (χ2v) is 5.20. The number of nitrogens with one attached hydrogen (secondary N) is 1. The molecule has 0 unspecified atom stereocenters. The monoisotopic (exact) mass is 265 g/mol. The Bertz CT molecular complexity index is 470. The minimum atomic E-state index is -1.04. The van der Waals surface area contributed by atoms with Crippen molar-refractivity contribution in [1.29, 1.82) is 0 Å². The van der Waals surface area contributed by atoms with Crippen LogP contribution in [0.3, 0.4) is 0 Å². The highest BCUT2D eigenvalue weighted by Crippen LogP contribution is 2.30. The fraction of sp³-hybridized carbons (Fsp3) is 0.538. The predicted octanol–water partition coefficient (Wildman–Crippen LogP) is 1.59. The van der Waals surface area contributed by atoms with Gasteiger partial charge in [0.2, 0.25) is 0 Å². The Balaban J connectivity index is 2.07. The van der Waals surface area contributed by atoms with E-state index >= 15 is 0 Å². The quantitative estimate of drug-likeness (QED) is 0.765. The van der Waals surface area contributed by atoms with Crippen LogP contribution in [0.15, 0.2) is 12.3 Å². The Kier molecular flexibility index (Phi) is 3.90. The number of hydrogen-bond acceptors (Lipinski definition) is 5. The molecule has 6 nitrogen and oxygen atoms in total. The highest BCUT2D eigenvalue weighted by molar-refractivity contribution is 5.96. The first-order valence-electron chi connectivity index (χ1n) is 6.31. The van der Waals surface area contributed by atoms with Gasteiger partial charge < -0.3 is 20.9 Å². The number of pyridine rings is 1. The summed E-state index contributed by atoms with van der Waals surface area (Å²) in [6.45, 7) is 4.41. The van der Waals surface area contributed by atoms with Crippen LogP contribution < -0.4 is 11.1 Å². The van der Waals surface area contributed by atoms with E-state index in [2.05, 4.69) is 17.2 Å². The number of carboxylic acid groups (broad SMARTS) is 1. The van der Waals surface area contributed by atoms with Gasteiger partial charge >= 0.3 is 5.97 Å². The van der Waals surface area contributed by atoms with Gasteiger partial charge in [0.05, 0.1) is 11.3 Å². The lowest BCUT2D eigenvalue weighted by Gasteiger charge is -2.33. The molecule has 6 heteroatoms. The van der Waals surface area contributed by atoms with Crippen LogP contribution in [0.5, 0.6) is 0 Å². The Labute approximate surface area is 112 Å². The van der Waals surface area contributed by atoms with E-state index in [-0.39, 0.29) is 16.7 Å². The average molecular weight is 265 g/mol. The van der Waals surface area contributed by atoms with Crippen molar-refractivity contribution in [2.75, 3.05) is 30.8 Å². The van der Waals surface area contributed by atoms with E-state index in [1.54, 1.807) is 0 Å². The number of nitrogens with zero attached hydrogens (tertiary/aromatic N) is 1. The first-order chi connectivity index (χ1) is 9.02. The largest absolute Gasteiger partial charge is 0.478 e. The van der Waals surface area contributed by atoms with Gasteiger partial charge in [-0.2, -0.15) is 0 Å². The summed E-state index contributed by atoms with van der Waals surface area (Å²) in [6.07, 6.45) is 3.39. The normalized spacial score (nSPS) is 17.9. The number of rotatable bonds is 4. The topological polar surface area (TPSA) is 97.5 Å². The molecular weight excluding hydrogens is 246 g/mol. The number of nitrogen functional groups attached to an aromatic ring is 1. The molecule has 1 aromatic heterocycles. The molecule has 0 aliphatic carbocycles. The maximum atomic E-state index is 11.0. The zero-order chi connectivity index (χ0) is 13.9. The van der Waals surface area contributed by atoms with Gasteiger partial charge in [-0.15, -0.1) is 0 Å². The lowest BCUT2D eigenvalue weighted by molar-refractivity contribution is 0.0300. The van der Waals surface area contributed by atoms with Gasteiger partial charge in [-0.05, 0) is 24.3 Å². The summed E-state index contributed by atoms with van der Waals surface area (Å²) in [6, 6.07) is 1.40. The summed E-state index contributed by atoms with van der Waals surface area (Å²) in [5.74, 6) is -0.604.